The molecular weight excluding hydrogens is 493 g/mol. The molecule has 1 amide bonds. The summed E-state index contributed by atoms with van der Waals surface area (Å²) in [4.78, 5) is 15.6. The first-order chi connectivity index (χ1) is 13.4. The van der Waals surface area contributed by atoms with E-state index in [1.54, 1.807) is 36.4 Å². The summed E-state index contributed by atoms with van der Waals surface area (Å²) in [5.74, 6) is 0.182. The van der Waals surface area contributed by atoms with Crippen molar-refractivity contribution in [1.29, 1.82) is 0 Å². The highest BCUT2D eigenvalue weighted by molar-refractivity contribution is 14.0. The second-order valence-electron chi connectivity index (χ2n) is 6.10. The first kappa shape index (κ1) is 24.6. The number of primary amides is 1. The van der Waals surface area contributed by atoms with Crippen LogP contribution in [0.5, 0.6) is 5.75 Å². The van der Waals surface area contributed by atoms with E-state index in [4.69, 9.17) is 5.73 Å². The lowest BCUT2D eigenvalue weighted by molar-refractivity contribution is -0.0504. The predicted octanol–water partition coefficient (Wildman–Crippen LogP) is 3.57. The number of hydrogen-bond acceptors (Lipinski definition) is 3. The molecule has 0 aliphatic heterocycles. The number of aryl methyl sites for hydroxylation is 1. The van der Waals surface area contributed by atoms with Crippen LogP contribution in [0.4, 0.5) is 8.78 Å². The van der Waals surface area contributed by atoms with Gasteiger partial charge in [0.1, 0.15) is 5.75 Å². The van der Waals surface area contributed by atoms with Crippen LogP contribution in [0.15, 0.2) is 47.5 Å². The summed E-state index contributed by atoms with van der Waals surface area (Å²) in [5.41, 5.74) is 8.11. The summed E-state index contributed by atoms with van der Waals surface area (Å²) < 4.78 is 29.8. The predicted molar refractivity (Wildman–Crippen MR) is 120 cm³/mol. The molecule has 0 atom stereocenters. The largest absolute Gasteiger partial charge is 0.434 e. The molecule has 158 valence electrons. The summed E-state index contributed by atoms with van der Waals surface area (Å²) in [6, 6.07) is 11.9. The number of carbonyl (C=O) groups excluding carboxylic acids is 1. The van der Waals surface area contributed by atoms with Crippen LogP contribution in [-0.4, -0.2) is 25.0 Å². The molecule has 0 aromatic heterocycles. The molecule has 0 bridgehead atoms. The van der Waals surface area contributed by atoms with E-state index in [0.717, 1.165) is 11.1 Å². The molecule has 2 aromatic rings. The number of halogens is 3. The van der Waals surface area contributed by atoms with Crippen LogP contribution in [0.1, 0.15) is 34.0 Å². The number of nitrogens with zero attached hydrogens (tertiary/aromatic N) is 1. The molecule has 0 heterocycles. The third-order valence-corrected chi connectivity index (χ3v) is 3.88. The van der Waals surface area contributed by atoms with Crippen molar-refractivity contribution in [1.82, 2.24) is 10.6 Å². The Morgan fingerprint density at radius 1 is 1.17 bits per heavy atom. The molecule has 9 heteroatoms. The average molecular weight is 518 g/mol. The molecule has 2 rings (SSSR count). The monoisotopic (exact) mass is 518 g/mol. The number of rotatable bonds is 8. The highest BCUT2D eigenvalue weighted by atomic mass is 127. The number of nitrogens with one attached hydrogen (secondary N) is 2. The van der Waals surface area contributed by atoms with Crippen LogP contribution in [0.25, 0.3) is 0 Å². The van der Waals surface area contributed by atoms with Gasteiger partial charge in [-0.3, -0.25) is 4.79 Å². The van der Waals surface area contributed by atoms with E-state index in [1.165, 1.54) is 6.07 Å². The maximum Gasteiger partial charge on any atom is 0.387 e. The summed E-state index contributed by atoms with van der Waals surface area (Å²) in [6.45, 7) is 2.22. The van der Waals surface area contributed by atoms with Gasteiger partial charge in [0.25, 0.3) is 0 Å². The molecule has 4 N–H and O–H groups in total. The fourth-order valence-corrected chi connectivity index (χ4v) is 2.52. The van der Waals surface area contributed by atoms with Gasteiger partial charge in [0, 0.05) is 24.2 Å². The van der Waals surface area contributed by atoms with Gasteiger partial charge >= 0.3 is 6.61 Å². The topological polar surface area (TPSA) is 88.7 Å². The SMILES string of the molecule is CCNC(=NCc1ccc(C(N)=O)cc1)NCc1cc(C)ccc1OC(F)F.I. The van der Waals surface area contributed by atoms with E-state index in [1.807, 2.05) is 13.8 Å². The lowest BCUT2D eigenvalue weighted by Gasteiger charge is -2.15. The summed E-state index contributed by atoms with van der Waals surface area (Å²) in [6.07, 6.45) is 0. The van der Waals surface area contributed by atoms with Gasteiger partial charge in [0.2, 0.25) is 5.91 Å². The highest BCUT2D eigenvalue weighted by Crippen LogP contribution is 2.22. The van der Waals surface area contributed by atoms with Gasteiger partial charge in [-0.05, 0) is 37.6 Å². The Hall–Kier alpha value is -2.43. The summed E-state index contributed by atoms with van der Waals surface area (Å²) in [5, 5.41) is 6.22. The molecular formula is C20H25F2IN4O2. The van der Waals surface area contributed by atoms with Crippen LogP contribution in [0.3, 0.4) is 0 Å². The van der Waals surface area contributed by atoms with E-state index < -0.39 is 12.5 Å². The smallest absolute Gasteiger partial charge is 0.387 e. The Balaban J connectivity index is 0.00000420. The maximum absolute atomic E-state index is 12.6. The standard InChI is InChI=1S/C20H24F2N4O2.HI/c1-3-24-20(25-11-14-5-7-15(8-6-14)18(23)27)26-12-16-10-13(2)4-9-17(16)28-19(21)22;/h4-10,19H,3,11-12H2,1-2H3,(H2,23,27)(H2,24,25,26);1H. The fourth-order valence-electron chi connectivity index (χ4n) is 2.52. The van der Waals surface area contributed by atoms with E-state index in [2.05, 4.69) is 20.4 Å². The Labute approximate surface area is 185 Å². The molecule has 0 unspecified atom stereocenters. The lowest BCUT2D eigenvalue weighted by atomic mass is 10.1. The van der Waals surface area contributed by atoms with Crippen LogP contribution >= 0.6 is 24.0 Å². The maximum atomic E-state index is 12.6. The number of carbonyl (C=O) groups is 1. The van der Waals surface area contributed by atoms with Gasteiger partial charge in [-0.1, -0.05) is 29.8 Å². The van der Waals surface area contributed by atoms with Crippen LogP contribution in [0, 0.1) is 6.92 Å². The third kappa shape index (κ3) is 8.22. The molecule has 29 heavy (non-hydrogen) atoms. The van der Waals surface area contributed by atoms with E-state index in [-0.39, 0.29) is 36.3 Å². The van der Waals surface area contributed by atoms with E-state index in [9.17, 15) is 13.6 Å². The molecule has 2 aromatic carbocycles. The minimum absolute atomic E-state index is 0. The zero-order valence-electron chi connectivity index (χ0n) is 16.2. The zero-order chi connectivity index (χ0) is 20.5. The molecule has 0 saturated carbocycles. The van der Waals surface area contributed by atoms with Crippen molar-refractivity contribution in [3.63, 3.8) is 0 Å². The Bertz CT molecular complexity index is 830. The van der Waals surface area contributed by atoms with Crippen molar-refractivity contribution in [2.24, 2.45) is 10.7 Å². The number of aliphatic imine (C=N–C) groups is 1. The van der Waals surface area contributed by atoms with Crippen LogP contribution in [-0.2, 0) is 13.1 Å². The van der Waals surface area contributed by atoms with Gasteiger partial charge in [-0.25, -0.2) is 4.99 Å². The third-order valence-electron chi connectivity index (χ3n) is 3.88. The minimum atomic E-state index is -2.88. The quantitative estimate of drug-likeness (QED) is 0.283. The molecule has 0 spiro atoms. The van der Waals surface area contributed by atoms with Crippen molar-refractivity contribution in [3.05, 3.63) is 64.7 Å². The van der Waals surface area contributed by atoms with Gasteiger partial charge in [0.05, 0.1) is 6.54 Å². The van der Waals surface area contributed by atoms with Crippen molar-refractivity contribution >= 4 is 35.8 Å². The van der Waals surface area contributed by atoms with Gasteiger partial charge in [-0.15, -0.1) is 24.0 Å². The normalized spacial score (nSPS) is 11.0. The Morgan fingerprint density at radius 2 is 1.86 bits per heavy atom. The van der Waals surface area contributed by atoms with E-state index >= 15 is 0 Å². The number of guanidine groups is 1. The van der Waals surface area contributed by atoms with Crippen LogP contribution < -0.4 is 21.1 Å². The van der Waals surface area contributed by atoms with E-state index in [0.29, 0.717) is 30.2 Å². The molecule has 6 nitrogen and oxygen atoms in total. The average Bonchev–Trinajstić information content (AvgIpc) is 2.66. The highest BCUT2D eigenvalue weighted by Gasteiger charge is 2.10. The number of alkyl halides is 2. The first-order valence-electron chi connectivity index (χ1n) is 8.84. The Morgan fingerprint density at radius 3 is 2.45 bits per heavy atom. The van der Waals surface area contributed by atoms with Crippen molar-refractivity contribution in [2.45, 2.75) is 33.5 Å². The van der Waals surface area contributed by atoms with Crippen LogP contribution in [0.2, 0.25) is 0 Å². The number of benzene rings is 2. The number of ether oxygens (including phenoxy) is 1. The second kappa shape index (κ2) is 12.2. The summed E-state index contributed by atoms with van der Waals surface area (Å²) >= 11 is 0. The Kier molecular flexibility index (Phi) is 10.4. The first-order valence-corrected chi connectivity index (χ1v) is 8.84. The molecule has 0 aliphatic carbocycles. The molecule has 0 radical (unpaired) electrons. The van der Waals surface area contributed by atoms with Crippen molar-refractivity contribution in [3.8, 4) is 5.75 Å². The fraction of sp³-hybridized carbons (Fsp3) is 0.300. The molecule has 0 saturated heterocycles. The number of hydrogen-bond donors (Lipinski definition) is 3. The number of nitrogens with two attached hydrogens (primary N) is 1. The van der Waals surface area contributed by atoms with Gasteiger partial charge in [0.15, 0.2) is 5.96 Å². The van der Waals surface area contributed by atoms with Gasteiger partial charge in [-0.2, -0.15) is 8.78 Å². The number of amides is 1. The second-order valence-corrected chi connectivity index (χ2v) is 6.10. The van der Waals surface area contributed by atoms with Crippen molar-refractivity contribution < 1.29 is 18.3 Å². The molecule has 0 fully saturated rings. The lowest BCUT2D eigenvalue weighted by Crippen LogP contribution is -2.36. The van der Waals surface area contributed by atoms with Crippen molar-refractivity contribution in [2.75, 3.05) is 6.54 Å². The summed E-state index contributed by atoms with van der Waals surface area (Å²) in [7, 11) is 0. The van der Waals surface area contributed by atoms with Gasteiger partial charge < -0.3 is 21.1 Å². The minimum Gasteiger partial charge on any atom is -0.434 e. The zero-order valence-corrected chi connectivity index (χ0v) is 18.6. The molecule has 0 aliphatic rings.